The molecule has 0 unspecified atom stereocenters. The molecule has 4 rings (SSSR count). The van der Waals surface area contributed by atoms with Crippen LogP contribution in [0.4, 0.5) is 0 Å². The number of aromatic nitrogens is 4. The number of ether oxygens (including phenoxy) is 3. The first-order chi connectivity index (χ1) is 12.3. The van der Waals surface area contributed by atoms with Crippen LogP contribution in [0.25, 0.3) is 5.65 Å². The predicted octanol–water partition coefficient (Wildman–Crippen LogP) is 0.834. The van der Waals surface area contributed by atoms with Crippen LogP contribution in [-0.2, 0) is 6.54 Å². The minimum Gasteiger partial charge on any atom is -0.486 e. The Kier molecular flexibility index (Phi) is 3.81. The molecule has 1 amide bonds. The second kappa shape index (κ2) is 6.27. The van der Waals surface area contributed by atoms with E-state index in [9.17, 15) is 4.79 Å². The summed E-state index contributed by atoms with van der Waals surface area (Å²) >= 11 is 0. The van der Waals surface area contributed by atoms with E-state index in [0.717, 1.165) is 0 Å². The third-order valence-electron chi connectivity index (χ3n) is 3.73. The van der Waals surface area contributed by atoms with Crippen LogP contribution in [0.5, 0.6) is 17.4 Å². The molecule has 0 bridgehead atoms. The SMILES string of the molecule is COc1ccc2nnc(CNC(=O)c3cccc4c3OCCO4)n2n1. The molecule has 9 heteroatoms. The van der Waals surface area contributed by atoms with Crippen LogP contribution in [-0.4, -0.2) is 46.0 Å². The van der Waals surface area contributed by atoms with Gasteiger partial charge in [0.05, 0.1) is 19.2 Å². The maximum atomic E-state index is 12.5. The van der Waals surface area contributed by atoms with Crippen molar-refractivity contribution in [1.29, 1.82) is 0 Å². The van der Waals surface area contributed by atoms with Crippen LogP contribution in [0.15, 0.2) is 30.3 Å². The summed E-state index contributed by atoms with van der Waals surface area (Å²) in [4.78, 5) is 12.5. The summed E-state index contributed by atoms with van der Waals surface area (Å²) in [5.74, 6) is 1.66. The van der Waals surface area contributed by atoms with Crippen LogP contribution in [0.2, 0.25) is 0 Å². The lowest BCUT2D eigenvalue weighted by Gasteiger charge is -2.20. The molecule has 0 spiro atoms. The van der Waals surface area contributed by atoms with Crippen molar-refractivity contribution in [2.45, 2.75) is 6.54 Å². The summed E-state index contributed by atoms with van der Waals surface area (Å²) < 4.78 is 17.7. The van der Waals surface area contributed by atoms with E-state index >= 15 is 0 Å². The molecule has 1 aliphatic rings. The largest absolute Gasteiger partial charge is 0.486 e. The fourth-order valence-corrected chi connectivity index (χ4v) is 2.54. The first kappa shape index (κ1) is 15.2. The Morgan fingerprint density at radius 1 is 1.24 bits per heavy atom. The van der Waals surface area contributed by atoms with Crippen molar-refractivity contribution in [1.82, 2.24) is 25.1 Å². The lowest BCUT2D eigenvalue weighted by molar-refractivity contribution is 0.0938. The van der Waals surface area contributed by atoms with E-state index in [1.54, 1.807) is 30.3 Å². The summed E-state index contributed by atoms with van der Waals surface area (Å²) in [7, 11) is 1.53. The zero-order chi connectivity index (χ0) is 17.2. The van der Waals surface area contributed by atoms with E-state index in [4.69, 9.17) is 14.2 Å². The van der Waals surface area contributed by atoms with E-state index in [1.165, 1.54) is 11.6 Å². The number of nitrogens with zero attached hydrogens (tertiary/aromatic N) is 4. The Balaban J connectivity index is 1.55. The van der Waals surface area contributed by atoms with Gasteiger partial charge in [-0.1, -0.05) is 6.07 Å². The smallest absolute Gasteiger partial charge is 0.255 e. The molecule has 9 nitrogen and oxygen atoms in total. The second-order valence-corrected chi connectivity index (χ2v) is 5.27. The third kappa shape index (κ3) is 2.80. The number of hydrogen-bond acceptors (Lipinski definition) is 7. The van der Waals surface area contributed by atoms with E-state index < -0.39 is 0 Å². The van der Waals surface area contributed by atoms with Gasteiger partial charge in [-0.25, -0.2) is 0 Å². The maximum Gasteiger partial charge on any atom is 0.255 e. The molecule has 0 saturated heterocycles. The minimum absolute atomic E-state index is 0.157. The van der Waals surface area contributed by atoms with Gasteiger partial charge in [-0.05, 0) is 18.2 Å². The van der Waals surface area contributed by atoms with Gasteiger partial charge < -0.3 is 19.5 Å². The number of carbonyl (C=O) groups excluding carboxylic acids is 1. The lowest BCUT2D eigenvalue weighted by atomic mass is 10.1. The molecule has 1 aliphatic heterocycles. The summed E-state index contributed by atoms with van der Waals surface area (Å²) in [5, 5.41) is 15.1. The molecule has 25 heavy (non-hydrogen) atoms. The van der Waals surface area contributed by atoms with Gasteiger partial charge in [0.2, 0.25) is 5.88 Å². The van der Waals surface area contributed by atoms with Crippen LogP contribution >= 0.6 is 0 Å². The van der Waals surface area contributed by atoms with Gasteiger partial charge in [-0.15, -0.1) is 15.3 Å². The van der Waals surface area contributed by atoms with Gasteiger partial charge in [0, 0.05) is 6.07 Å². The predicted molar refractivity (Wildman–Crippen MR) is 85.9 cm³/mol. The molecule has 0 atom stereocenters. The second-order valence-electron chi connectivity index (χ2n) is 5.27. The van der Waals surface area contributed by atoms with Crippen molar-refractivity contribution in [2.24, 2.45) is 0 Å². The molecule has 3 aromatic rings. The molecule has 0 fully saturated rings. The zero-order valence-corrected chi connectivity index (χ0v) is 13.4. The fourth-order valence-electron chi connectivity index (χ4n) is 2.54. The van der Waals surface area contributed by atoms with Crippen molar-refractivity contribution in [3.8, 4) is 17.4 Å². The molecular weight excluding hydrogens is 326 g/mol. The Morgan fingerprint density at radius 2 is 2.12 bits per heavy atom. The molecule has 1 aromatic carbocycles. The zero-order valence-electron chi connectivity index (χ0n) is 13.4. The number of rotatable bonds is 4. The summed E-state index contributed by atoms with van der Waals surface area (Å²) in [6, 6.07) is 8.64. The maximum absolute atomic E-state index is 12.5. The van der Waals surface area contributed by atoms with Crippen LogP contribution in [0, 0.1) is 0 Å². The highest BCUT2D eigenvalue weighted by atomic mass is 16.6. The number of carbonyl (C=O) groups is 1. The number of nitrogens with one attached hydrogen (secondary N) is 1. The number of fused-ring (bicyclic) bond motifs is 2. The molecule has 0 aliphatic carbocycles. The molecule has 0 radical (unpaired) electrons. The molecule has 3 heterocycles. The minimum atomic E-state index is -0.290. The van der Waals surface area contributed by atoms with Crippen LogP contribution < -0.4 is 19.5 Å². The van der Waals surface area contributed by atoms with Gasteiger partial charge in [0.1, 0.15) is 13.2 Å². The van der Waals surface area contributed by atoms with E-state index in [1.807, 2.05) is 0 Å². The van der Waals surface area contributed by atoms with Crippen LogP contribution in [0.3, 0.4) is 0 Å². The quantitative estimate of drug-likeness (QED) is 0.750. The van der Waals surface area contributed by atoms with E-state index in [2.05, 4.69) is 20.6 Å². The van der Waals surface area contributed by atoms with Gasteiger partial charge in [-0.2, -0.15) is 4.52 Å². The number of amides is 1. The first-order valence-corrected chi connectivity index (χ1v) is 7.68. The topological polar surface area (TPSA) is 99.9 Å². The van der Waals surface area contributed by atoms with Crippen LogP contribution in [0.1, 0.15) is 16.2 Å². The Morgan fingerprint density at radius 3 is 3.00 bits per heavy atom. The van der Waals surface area contributed by atoms with E-state index in [0.29, 0.717) is 47.6 Å². The fraction of sp³-hybridized carbons (Fsp3) is 0.250. The Bertz CT molecular complexity index is 939. The average molecular weight is 341 g/mol. The highest BCUT2D eigenvalue weighted by Gasteiger charge is 2.20. The Hall–Kier alpha value is -3.36. The molecule has 128 valence electrons. The molecule has 2 aromatic heterocycles. The number of hydrogen-bond donors (Lipinski definition) is 1. The molecular formula is C16H15N5O4. The standard InChI is InChI=1S/C16H15N5O4/c1-23-14-6-5-12-18-19-13(21(12)20-14)9-17-16(22)10-3-2-4-11-15(10)25-8-7-24-11/h2-6H,7-9H2,1H3,(H,17,22). The van der Waals surface area contributed by atoms with Crippen molar-refractivity contribution in [3.05, 3.63) is 41.7 Å². The number of para-hydroxylation sites is 1. The lowest BCUT2D eigenvalue weighted by Crippen LogP contribution is -2.26. The third-order valence-corrected chi connectivity index (χ3v) is 3.73. The highest BCUT2D eigenvalue weighted by molar-refractivity contribution is 5.97. The normalized spacial score (nSPS) is 12.8. The number of benzene rings is 1. The van der Waals surface area contributed by atoms with Crippen molar-refractivity contribution >= 4 is 11.6 Å². The van der Waals surface area contributed by atoms with Gasteiger partial charge >= 0.3 is 0 Å². The van der Waals surface area contributed by atoms with Gasteiger partial charge in [0.15, 0.2) is 23.0 Å². The number of methoxy groups -OCH3 is 1. The average Bonchev–Trinajstić information content (AvgIpc) is 3.07. The van der Waals surface area contributed by atoms with Gasteiger partial charge in [-0.3, -0.25) is 4.79 Å². The van der Waals surface area contributed by atoms with Gasteiger partial charge in [0.25, 0.3) is 5.91 Å². The van der Waals surface area contributed by atoms with E-state index in [-0.39, 0.29) is 12.5 Å². The highest BCUT2D eigenvalue weighted by Crippen LogP contribution is 2.33. The summed E-state index contributed by atoms with van der Waals surface area (Å²) in [5.41, 5.74) is 0.982. The monoisotopic (exact) mass is 341 g/mol. The first-order valence-electron chi connectivity index (χ1n) is 7.68. The van der Waals surface area contributed by atoms with Crippen molar-refractivity contribution in [2.75, 3.05) is 20.3 Å². The summed E-state index contributed by atoms with van der Waals surface area (Å²) in [6.07, 6.45) is 0. The molecule has 0 saturated carbocycles. The Labute approximate surface area is 142 Å². The molecule has 1 N–H and O–H groups in total. The van der Waals surface area contributed by atoms with Crippen molar-refractivity contribution < 1.29 is 19.0 Å². The van der Waals surface area contributed by atoms with Crippen molar-refractivity contribution in [3.63, 3.8) is 0 Å². The summed E-state index contributed by atoms with van der Waals surface area (Å²) in [6.45, 7) is 1.04.